The second kappa shape index (κ2) is 6.40. The molecule has 1 unspecified atom stereocenters. The van der Waals surface area contributed by atoms with Gasteiger partial charge >= 0.3 is 5.97 Å². The standard InChI is InChI=1S/C17H23NO2/c19-17(14-7-2-1-3-8-14)20-13-15-9-6-12-18-11-5-4-10-16(15)18/h1-3,7-8,15-16H,4-6,9-13H2/p+1/t15-,16-/m1/s1. The molecule has 108 valence electrons. The van der Waals surface area contributed by atoms with E-state index in [1.54, 1.807) is 4.90 Å². The Morgan fingerprint density at radius 1 is 1.10 bits per heavy atom. The number of carbonyl (C=O) groups excluding carboxylic acids is 1. The van der Waals surface area contributed by atoms with E-state index < -0.39 is 0 Å². The zero-order valence-electron chi connectivity index (χ0n) is 12.0. The lowest BCUT2D eigenvalue weighted by Crippen LogP contribution is -3.18. The SMILES string of the molecule is O=C(OC[C@H]1CCC[NH+]2CCCC[C@H]12)c1ccccc1. The molecule has 2 aliphatic heterocycles. The first-order valence-electron chi connectivity index (χ1n) is 7.91. The molecule has 0 aromatic heterocycles. The number of hydrogen-bond acceptors (Lipinski definition) is 2. The molecule has 3 nitrogen and oxygen atoms in total. The molecule has 1 N–H and O–H groups in total. The Bertz CT molecular complexity index is 444. The van der Waals surface area contributed by atoms with E-state index in [2.05, 4.69) is 0 Å². The van der Waals surface area contributed by atoms with E-state index in [1.165, 1.54) is 45.2 Å². The van der Waals surface area contributed by atoms with Crippen molar-refractivity contribution < 1.29 is 14.4 Å². The average molecular weight is 274 g/mol. The molecule has 2 saturated heterocycles. The summed E-state index contributed by atoms with van der Waals surface area (Å²) in [6.45, 7) is 3.23. The highest BCUT2D eigenvalue weighted by atomic mass is 16.5. The van der Waals surface area contributed by atoms with Crippen molar-refractivity contribution in [3.8, 4) is 0 Å². The van der Waals surface area contributed by atoms with Gasteiger partial charge in [-0.05, 0) is 44.2 Å². The highest BCUT2D eigenvalue weighted by Gasteiger charge is 2.37. The van der Waals surface area contributed by atoms with Crippen molar-refractivity contribution in [3.63, 3.8) is 0 Å². The summed E-state index contributed by atoms with van der Waals surface area (Å²) in [7, 11) is 0. The number of ether oxygens (including phenoxy) is 1. The highest BCUT2D eigenvalue weighted by Crippen LogP contribution is 2.21. The molecule has 0 spiro atoms. The van der Waals surface area contributed by atoms with Crippen molar-refractivity contribution in [1.29, 1.82) is 0 Å². The van der Waals surface area contributed by atoms with E-state index in [-0.39, 0.29) is 5.97 Å². The molecular formula is C17H24NO2+. The molecular weight excluding hydrogens is 250 g/mol. The summed E-state index contributed by atoms with van der Waals surface area (Å²) < 4.78 is 5.56. The third-order valence-corrected chi connectivity index (χ3v) is 4.87. The maximum absolute atomic E-state index is 12.0. The third-order valence-electron chi connectivity index (χ3n) is 4.87. The lowest BCUT2D eigenvalue weighted by Gasteiger charge is -2.40. The molecule has 3 heteroatoms. The summed E-state index contributed by atoms with van der Waals surface area (Å²) in [5.74, 6) is 0.389. The van der Waals surface area contributed by atoms with Gasteiger partial charge in [-0.3, -0.25) is 0 Å². The van der Waals surface area contributed by atoms with E-state index in [9.17, 15) is 4.79 Å². The van der Waals surface area contributed by atoms with Crippen molar-refractivity contribution in [2.45, 2.75) is 38.1 Å². The topological polar surface area (TPSA) is 30.7 Å². The van der Waals surface area contributed by atoms with Crippen LogP contribution in [-0.2, 0) is 4.74 Å². The first kappa shape index (κ1) is 13.6. The molecule has 2 fully saturated rings. The fraction of sp³-hybridized carbons (Fsp3) is 0.588. The Hall–Kier alpha value is -1.35. The van der Waals surface area contributed by atoms with Gasteiger partial charge in [0, 0.05) is 5.92 Å². The summed E-state index contributed by atoms with van der Waals surface area (Å²) in [5, 5.41) is 0. The molecule has 3 atom stereocenters. The summed E-state index contributed by atoms with van der Waals surface area (Å²) in [4.78, 5) is 13.8. The maximum Gasteiger partial charge on any atom is 0.338 e. The summed E-state index contributed by atoms with van der Waals surface area (Å²) in [6.07, 6.45) is 6.51. The second-order valence-corrected chi connectivity index (χ2v) is 6.13. The Labute approximate surface area is 120 Å². The summed E-state index contributed by atoms with van der Waals surface area (Å²) >= 11 is 0. The largest absolute Gasteiger partial charge is 0.462 e. The van der Waals surface area contributed by atoms with E-state index in [0.717, 1.165) is 6.04 Å². The Kier molecular flexibility index (Phi) is 4.36. The Morgan fingerprint density at radius 2 is 1.90 bits per heavy atom. The summed E-state index contributed by atoms with van der Waals surface area (Å²) in [5.41, 5.74) is 0.663. The summed E-state index contributed by atoms with van der Waals surface area (Å²) in [6, 6.07) is 10.0. The molecule has 20 heavy (non-hydrogen) atoms. The quantitative estimate of drug-likeness (QED) is 0.850. The minimum absolute atomic E-state index is 0.173. The number of carbonyl (C=O) groups is 1. The molecule has 0 aliphatic carbocycles. The van der Waals surface area contributed by atoms with Crippen LogP contribution in [0.4, 0.5) is 0 Å². The normalized spacial score (nSPS) is 29.5. The number of fused-ring (bicyclic) bond motifs is 1. The van der Waals surface area contributed by atoms with Crippen LogP contribution in [0.2, 0.25) is 0 Å². The van der Waals surface area contributed by atoms with Crippen LogP contribution < -0.4 is 4.90 Å². The third kappa shape index (κ3) is 3.04. The molecule has 0 bridgehead atoms. The van der Waals surface area contributed by atoms with Crippen LogP contribution in [0.1, 0.15) is 42.5 Å². The number of rotatable bonds is 3. The van der Waals surface area contributed by atoms with Gasteiger partial charge in [0.15, 0.2) is 0 Å². The van der Waals surface area contributed by atoms with Crippen molar-refractivity contribution in [1.82, 2.24) is 0 Å². The molecule has 0 radical (unpaired) electrons. The zero-order chi connectivity index (χ0) is 13.8. The number of benzene rings is 1. The van der Waals surface area contributed by atoms with Crippen LogP contribution in [0.5, 0.6) is 0 Å². The monoisotopic (exact) mass is 274 g/mol. The molecule has 1 aromatic carbocycles. The van der Waals surface area contributed by atoms with Gasteiger partial charge in [-0.15, -0.1) is 0 Å². The first-order chi connectivity index (χ1) is 9.84. The fourth-order valence-electron chi connectivity index (χ4n) is 3.82. The Balaban J connectivity index is 1.56. The van der Waals surface area contributed by atoms with Gasteiger partial charge in [0.1, 0.15) is 6.61 Å². The number of esters is 1. The smallest absolute Gasteiger partial charge is 0.338 e. The minimum Gasteiger partial charge on any atom is -0.462 e. The van der Waals surface area contributed by atoms with E-state index in [1.807, 2.05) is 30.3 Å². The van der Waals surface area contributed by atoms with Gasteiger partial charge in [0.2, 0.25) is 0 Å². The molecule has 0 saturated carbocycles. The Morgan fingerprint density at radius 3 is 2.75 bits per heavy atom. The second-order valence-electron chi connectivity index (χ2n) is 6.13. The first-order valence-corrected chi connectivity index (χ1v) is 7.91. The minimum atomic E-state index is -0.173. The van der Waals surface area contributed by atoms with E-state index >= 15 is 0 Å². The predicted octanol–water partition coefficient (Wildman–Crippen LogP) is 1.69. The average Bonchev–Trinajstić information content (AvgIpc) is 2.53. The lowest BCUT2D eigenvalue weighted by atomic mass is 9.84. The van der Waals surface area contributed by atoms with Crippen LogP contribution >= 0.6 is 0 Å². The van der Waals surface area contributed by atoms with Crippen molar-refractivity contribution in [2.75, 3.05) is 19.7 Å². The van der Waals surface area contributed by atoms with Gasteiger partial charge in [-0.1, -0.05) is 18.2 Å². The lowest BCUT2D eigenvalue weighted by molar-refractivity contribution is -0.940. The van der Waals surface area contributed by atoms with Gasteiger partial charge in [-0.2, -0.15) is 0 Å². The van der Waals surface area contributed by atoms with E-state index in [4.69, 9.17) is 4.74 Å². The molecule has 1 aromatic rings. The predicted molar refractivity (Wildman–Crippen MR) is 77.8 cm³/mol. The fourth-order valence-corrected chi connectivity index (χ4v) is 3.82. The number of hydrogen-bond donors (Lipinski definition) is 1. The van der Waals surface area contributed by atoms with Crippen molar-refractivity contribution in [2.24, 2.45) is 5.92 Å². The van der Waals surface area contributed by atoms with Crippen LogP contribution in [0, 0.1) is 5.92 Å². The van der Waals surface area contributed by atoms with Crippen LogP contribution in [0.25, 0.3) is 0 Å². The molecule has 2 heterocycles. The van der Waals surface area contributed by atoms with E-state index in [0.29, 0.717) is 18.1 Å². The molecule has 0 amide bonds. The van der Waals surface area contributed by atoms with Gasteiger partial charge in [0.05, 0.1) is 24.7 Å². The van der Waals surface area contributed by atoms with Gasteiger partial charge in [-0.25, -0.2) is 4.79 Å². The van der Waals surface area contributed by atoms with Crippen LogP contribution in [-0.4, -0.2) is 31.7 Å². The number of quaternary nitrogens is 1. The van der Waals surface area contributed by atoms with Crippen LogP contribution in [0.3, 0.4) is 0 Å². The van der Waals surface area contributed by atoms with Gasteiger partial charge in [0.25, 0.3) is 0 Å². The molecule has 2 aliphatic rings. The number of nitrogens with one attached hydrogen (secondary N) is 1. The number of piperidine rings is 2. The maximum atomic E-state index is 12.0. The highest BCUT2D eigenvalue weighted by molar-refractivity contribution is 5.89. The van der Waals surface area contributed by atoms with Crippen molar-refractivity contribution in [3.05, 3.63) is 35.9 Å². The van der Waals surface area contributed by atoms with Gasteiger partial charge < -0.3 is 9.64 Å². The molecule has 3 rings (SSSR count). The van der Waals surface area contributed by atoms with Crippen molar-refractivity contribution >= 4 is 5.97 Å². The van der Waals surface area contributed by atoms with Crippen LogP contribution in [0.15, 0.2) is 30.3 Å². The zero-order valence-corrected chi connectivity index (χ0v) is 12.0.